The summed E-state index contributed by atoms with van der Waals surface area (Å²) in [7, 11) is 0. The third-order valence-corrected chi connectivity index (χ3v) is 5.06. The van der Waals surface area contributed by atoms with E-state index >= 15 is 0 Å². The van der Waals surface area contributed by atoms with Crippen molar-refractivity contribution in [3.63, 3.8) is 0 Å². The van der Waals surface area contributed by atoms with Crippen molar-refractivity contribution in [3.8, 4) is 0 Å². The molecule has 2 fully saturated rings. The molecule has 0 amide bonds. The second-order valence-corrected chi connectivity index (χ2v) is 6.85. The van der Waals surface area contributed by atoms with Gasteiger partial charge in [-0.2, -0.15) is 5.10 Å². The smallest absolute Gasteiger partial charge is 0.287 e. The maximum absolute atomic E-state index is 12.2. The van der Waals surface area contributed by atoms with E-state index in [0.717, 1.165) is 37.1 Å². The van der Waals surface area contributed by atoms with Crippen LogP contribution in [0.25, 0.3) is 0 Å². The van der Waals surface area contributed by atoms with Gasteiger partial charge >= 0.3 is 0 Å². The summed E-state index contributed by atoms with van der Waals surface area (Å²) in [6, 6.07) is 0. The topological polar surface area (TPSA) is 46.9 Å². The highest BCUT2D eigenvalue weighted by molar-refractivity contribution is 6.32. The molecule has 5 heteroatoms. The van der Waals surface area contributed by atoms with E-state index in [2.05, 4.69) is 17.3 Å². The molecule has 1 heterocycles. The maximum atomic E-state index is 12.2. The highest BCUT2D eigenvalue weighted by Crippen LogP contribution is 2.49. The lowest BCUT2D eigenvalue weighted by Crippen LogP contribution is -2.26. The molecule has 0 radical (unpaired) electrons. The number of hydrogen-bond acceptors (Lipinski definition) is 3. The number of nitrogens with zero attached hydrogens (tertiary/aromatic N) is 2. The number of unbranched alkanes of at least 4 members (excludes halogenated alkanes) is 1. The van der Waals surface area contributed by atoms with E-state index in [4.69, 9.17) is 11.6 Å². The van der Waals surface area contributed by atoms with Crippen LogP contribution in [0, 0.1) is 17.8 Å². The molecule has 2 aliphatic carbocycles. The summed E-state index contributed by atoms with van der Waals surface area (Å²) in [5, 5.41) is 7.89. The number of nitrogens with one attached hydrogen (secondary N) is 1. The molecule has 0 saturated heterocycles. The fraction of sp³-hybridized carbons (Fsp3) is 0.750. The van der Waals surface area contributed by atoms with Crippen LogP contribution >= 0.6 is 11.6 Å². The van der Waals surface area contributed by atoms with Gasteiger partial charge in [-0.3, -0.25) is 4.79 Å². The molecule has 0 spiro atoms. The zero-order chi connectivity index (χ0) is 14.8. The minimum absolute atomic E-state index is 0.176. The molecule has 1 aromatic heterocycles. The third-order valence-electron chi connectivity index (χ3n) is 4.69. The molecule has 2 aliphatic rings. The Morgan fingerprint density at radius 3 is 2.62 bits per heavy atom. The number of aryl methyl sites for hydroxylation is 1. The van der Waals surface area contributed by atoms with Gasteiger partial charge in [0.15, 0.2) is 0 Å². The van der Waals surface area contributed by atoms with Gasteiger partial charge in [0.1, 0.15) is 5.02 Å². The van der Waals surface area contributed by atoms with Gasteiger partial charge in [-0.1, -0.05) is 24.9 Å². The summed E-state index contributed by atoms with van der Waals surface area (Å²) in [6.45, 7) is 3.66. The fourth-order valence-corrected chi connectivity index (χ4v) is 3.26. The predicted molar refractivity (Wildman–Crippen MR) is 85.8 cm³/mol. The van der Waals surface area contributed by atoms with Crippen molar-refractivity contribution in [3.05, 3.63) is 21.6 Å². The van der Waals surface area contributed by atoms with Gasteiger partial charge in [0.05, 0.1) is 11.9 Å². The summed E-state index contributed by atoms with van der Waals surface area (Å²) in [5.74, 6) is 2.53. The quantitative estimate of drug-likeness (QED) is 0.799. The van der Waals surface area contributed by atoms with Gasteiger partial charge in [0, 0.05) is 13.1 Å². The lowest BCUT2D eigenvalue weighted by molar-refractivity contribution is 0.428. The van der Waals surface area contributed by atoms with Gasteiger partial charge < -0.3 is 5.32 Å². The van der Waals surface area contributed by atoms with Gasteiger partial charge in [0.25, 0.3) is 5.56 Å². The maximum Gasteiger partial charge on any atom is 0.287 e. The Bertz CT molecular complexity index is 537. The van der Waals surface area contributed by atoms with Gasteiger partial charge in [-0.15, -0.1) is 0 Å². The first-order chi connectivity index (χ1) is 10.2. The molecule has 116 valence electrons. The standard InChI is InChI=1S/C16H24ClN3O/c1-2-3-8-20-16(21)15(17)14(10-19-20)18-9-13(11-4-5-11)12-6-7-12/h10-13,18H,2-9H2,1H3. The zero-order valence-corrected chi connectivity index (χ0v) is 13.4. The van der Waals surface area contributed by atoms with Gasteiger partial charge in [-0.25, -0.2) is 4.68 Å². The van der Waals surface area contributed by atoms with Crippen LogP contribution in [0.1, 0.15) is 45.4 Å². The Hall–Kier alpha value is -1.03. The predicted octanol–water partition coefficient (Wildman–Crippen LogP) is 3.54. The fourth-order valence-electron chi connectivity index (χ4n) is 3.05. The second kappa shape index (κ2) is 6.39. The summed E-state index contributed by atoms with van der Waals surface area (Å²) in [6.07, 6.45) is 9.16. The Morgan fingerprint density at radius 1 is 1.38 bits per heavy atom. The molecule has 0 bridgehead atoms. The zero-order valence-electron chi connectivity index (χ0n) is 12.6. The molecular weight excluding hydrogens is 286 g/mol. The summed E-state index contributed by atoms with van der Waals surface area (Å²) >= 11 is 6.22. The second-order valence-electron chi connectivity index (χ2n) is 6.47. The number of aromatic nitrogens is 2. The Morgan fingerprint density at radius 2 is 2.05 bits per heavy atom. The molecule has 21 heavy (non-hydrogen) atoms. The lowest BCUT2D eigenvalue weighted by atomic mass is 9.98. The lowest BCUT2D eigenvalue weighted by Gasteiger charge is -2.17. The minimum atomic E-state index is -0.176. The summed E-state index contributed by atoms with van der Waals surface area (Å²) < 4.78 is 1.47. The third kappa shape index (κ3) is 3.60. The van der Waals surface area contributed by atoms with E-state index in [0.29, 0.717) is 12.2 Å². The van der Waals surface area contributed by atoms with Crippen molar-refractivity contribution in [1.29, 1.82) is 0 Å². The van der Waals surface area contributed by atoms with E-state index in [1.807, 2.05) is 0 Å². The van der Waals surface area contributed by atoms with Crippen molar-refractivity contribution in [2.45, 2.75) is 52.0 Å². The molecule has 0 aliphatic heterocycles. The Labute approximate surface area is 130 Å². The minimum Gasteiger partial charge on any atom is -0.382 e. The van der Waals surface area contributed by atoms with Crippen LogP contribution in [0.3, 0.4) is 0 Å². The number of halogens is 1. The molecule has 2 saturated carbocycles. The average molecular weight is 310 g/mol. The van der Waals surface area contributed by atoms with Gasteiger partial charge in [0.2, 0.25) is 0 Å². The van der Waals surface area contributed by atoms with Crippen molar-refractivity contribution in [2.75, 3.05) is 11.9 Å². The van der Waals surface area contributed by atoms with Crippen LogP contribution in [-0.4, -0.2) is 16.3 Å². The van der Waals surface area contributed by atoms with Gasteiger partial charge in [-0.05, 0) is 49.9 Å². The average Bonchev–Trinajstić information content (AvgIpc) is 3.36. The normalized spacial score (nSPS) is 18.2. The van der Waals surface area contributed by atoms with Crippen LogP contribution in [0.2, 0.25) is 5.02 Å². The molecule has 1 N–H and O–H groups in total. The molecule has 0 atom stereocenters. The van der Waals surface area contributed by atoms with E-state index in [9.17, 15) is 4.79 Å². The van der Waals surface area contributed by atoms with Crippen molar-refractivity contribution < 1.29 is 0 Å². The monoisotopic (exact) mass is 309 g/mol. The SMILES string of the molecule is CCCCn1ncc(NCC(C2CC2)C2CC2)c(Cl)c1=O. The highest BCUT2D eigenvalue weighted by atomic mass is 35.5. The highest BCUT2D eigenvalue weighted by Gasteiger charge is 2.41. The van der Waals surface area contributed by atoms with Crippen LogP contribution in [0.4, 0.5) is 5.69 Å². The van der Waals surface area contributed by atoms with Crippen molar-refractivity contribution in [2.24, 2.45) is 17.8 Å². The molecule has 0 aromatic carbocycles. The largest absolute Gasteiger partial charge is 0.382 e. The van der Waals surface area contributed by atoms with E-state index < -0.39 is 0 Å². The first kappa shape index (κ1) is 14.9. The molecule has 3 rings (SSSR count). The van der Waals surface area contributed by atoms with Crippen LogP contribution in [0.15, 0.2) is 11.0 Å². The number of hydrogen-bond donors (Lipinski definition) is 1. The molecule has 4 nitrogen and oxygen atoms in total. The Kier molecular flexibility index (Phi) is 4.53. The molecular formula is C16H24ClN3O. The van der Waals surface area contributed by atoms with Crippen molar-refractivity contribution in [1.82, 2.24) is 9.78 Å². The molecule has 1 aromatic rings. The van der Waals surface area contributed by atoms with Crippen LogP contribution < -0.4 is 10.9 Å². The number of rotatable bonds is 8. The first-order valence-corrected chi connectivity index (χ1v) is 8.58. The summed E-state index contributed by atoms with van der Waals surface area (Å²) in [4.78, 5) is 12.2. The van der Waals surface area contributed by atoms with Crippen LogP contribution in [-0.2, 0) is 6.54 Å². The van der Waals surface area contributed by atoms with E-state index in [1.165, 1.54) is 30.4 Å². The van der Waals surface area contributed by atoms with E-state index in [-0.39, 0.29) is 10.6 Å². The number of anilines is 1. The van der Waals surface area contributed by atoms with E-state index in [1.54, 1.807) is 6.20 Å². The molecule has 0 unspecified atom stereocenters. The first-order valence-electron chi connectivity index (χ1n) is 8.20. The summed E-state index contributed by atoms with van der Waals surface area (Å²) in [5.41, 5.74) is 0.519. The van der Waals surface area contributed by atoms with Crippen molar-refractivity contribution >= 4 is 17.3 Å². The van der Waals surface area contributed by atoms with Crippen LogP contribution in [0.5, 0.6) is 0 Å². The Balaban J connectivity index is 1.64.